The number of halogens is 1. The van der Waals surface area contributed by atoms with Crippen molar-refractivity contribution >= 4 is 32.8 Å². The van der Waals surface area contributed by atoms with Crippen molar-refractivity contribution in [2.45, 2.75) is 13.8 Å². The van der Waals surface area contributed by atoms with Crippen LogP contribution in [-0.2, 0) is 0 Å². The summed E-state index contributed by atoms with van der Waals surface area (Å²) in [6, 6.07) is 8.69. The summed E-state index contributed by atoms with van der Waals surface area (Å²) < 4.78 is 24.8. The van der Waals surface area contributed by atoms with Crippen LogP contribution in [0.25, 0.3) is 55.2 Å². The van der Waals surface area contributed by atoms with E-state index in [2.05, 4.69) is 25.1 Å². The zero-order valence-corrected chi connectivity index (χ0v) is 17.6. The van der Waals surface area contributed by atoms with E-state index in [9.17, 15) is 4.39 Å². The summed E-state index contributed by atoms with van der Waals surface area (Å²) in [6.07, 6.45) is 3.38. The Balaban J connectivity index is 1.66. The summed E-state index contributed by atoms with van der Waals surface area (Å²) in [5.74, 6) is 1.13. The summed E-state index contributed by atoms with van der Waals surface area (Å²) in [5.41, 5.74) is 6.54. The highest BCUT2D eigenvalue weighted by Crippen LogP contribution is 2.41. The smallest absolute Gasteiger partial charge is 0.142 e. The molecule has 0 saturated heterocycles. The van der Waals surface area contributed by atoms with Crippen LogP contribution in [0.15, 0.2) is 47.4 Å². The minimum atomic E-state index is -0.289. The third-order valence-corrected chi connectivity index (χ3v) is 5.91. The van der Waals surface area contributed by atoms with Crippen LogP contribution in [0.2, 0.25) is 0 Å². The van der Waals surface area contributed by atoms with Crippen molar-refractivity contribution in [3.63, 3.8) is 0 Å². The lowest BCUT2D eigenvalue weighted by Gasteiger charge is -2.09. The van der Waals surface area contributed by atoms with Crippen molar-refractivity contribution in [2.24, 2.45) is 0 Å². The lowest BCUT2D eigenvalue weighted by Crippen LogP contribution is -1.90. The Morgan fingerprint density at radius 1 is 1.00 bits per heavy atom. The number of nitrogens with zero attached hydrogens (tertiary/aromatic N) is 3. The molecule has 8 heteroatoms. The van der Waals surface area contributed by atoms with Crippen LogP contribution in [-0.4, -0.2) is 32.2 Å². The number of benzene rings is 2. The van der Waals surface area contributed by atoms with Crippen LogP contribution in [0.1, 0.15) is 11.5 Å². The number of nitrogens with one attached hydrogen (secondary N) is 2. The molecule has 6 aromatic rings. The van der Waals surface area contributed by atoms with E-state index in [0.29, 0.717) is 16.9 Å². The molecule has 0 radical (unpaired) electrons. The quantitative estimate of drug-likeness (QED) is 0.379. The molecule has 2 N–H and O–H groups in total. The first-order chi connectivity index (χ1) is 15.5. The summed E-state index contributed by atoms with van der Waals surface area (Å²) in [4.78, 5) is 15.6. The van der Waals surface area contributed by atoms with Crippen molar-refractivity contribution in [1.29, 1.82) is 0 Å². The second kappa shape index (κ2) is 6.65. The summed E-state index contributed by atoms with van der Waals surface area (Å²) in [7, 11) is 1.64. The highest BCUT2D eigenvalue weighted by molar-refractivity contribution is 6.15. The highest BCUT2D eigenvalue weighted by atomic mass is 19.1. The van der Waals surface area contributed by atoms with Crippen LogP contribution in [0.5, 0.6) is 5.75 Å². The van der Waals surface area contributed by atoms with Gasteiger partial charge >= 0.3 is 0 Å². The Hall–Kier alpha value is -4.20. The third kappa shape index (κ3) is 2.56. The van der Waals surface area contributed by atoms with Crippen LogP contribution >= 0.6 is 0 Å². The third-order valence-electron chi connectivity index (χ3n) is 5.91. The van der Waals surface area contributed by atoms with E-state index in [1.54, 1.807) is 13.2 Å². The number of aromatic amines is 2. The van der Waals surface area contributed by atoms with Gasteiger partial charge in [-0.1, -0.05) is 5.16 Å². The van der Waals surface area contributed by atoms with Crippen LogP contribution < -0.4 is 4.74 Å². The summed E-state index contributed by atoms with van der Waals surface area (Å²) in [6.45, 7) is 3.79. The number of ether oxygens (including phenoxy) is 1. The van der Waals surface area contributed by atoms with Crippen LogP contribution in [0.3, 0.4) is 0 Å². The number of hydrogen-bond donors (Lipinski definition) is 2. The zero-order chi connectivity index (χ0) is 22.0. The Morgan fingerprint density at radius 2 is 1.88 bits per heavy atom. The molecular weight excluding hydrogens is 409 g/mol. The minimum absolute atomic E-state index is 0.289. The molecule has 0 bridgehead atoms. The van der Waals surface area contributed by atoms with E-state index < -0.39 is 0 Å². The van der Waals surface area contributed by atoms with Gasteiger partial charge in [-0.3, -0.25) is 0 Å². The Kier molecular flexibility index (Phi) is 3.86. The van der Waals surface area contributed by atoms with E-state index in [0.717, 1.165) is 55.5 Å². The van der Waals surface area contributed by atoms with Gasteiger partial charge in [-0.2, -0.15) is 0 Å². The van der Waals surface area contributed by atoms with Crippen molar-refractivity contribution in [3.05, 3.63) is 60.1 Å². The number of hydrogen-bond acceptors (Lipinski definition) is 5. The van der Waals surface area contributed by atoms with Gasteiger partial charge in [-0.25, -0.2) is 14.4 Å². The van der Waals surface area contributed by atoms with E-state index in [-0.39, 0.29) is 5.82 Å². The SMILES string of the molecule is COc1cc2c(cc1-c1c(C)noc1C)[nH]c1ncnc(-c3c[nH]c4cc(F)ccc34)c12. The summed E-state index contributed by atoms with van der Waals surface area (Å²) >= 11 is 0. The molecule has 0 unspecified atom stereocenters. The van der Waals surface area contributed by atoms with E-state index >= 15 is 0 Å². The van der Waals surface area contributed by atoms with Gasteiger partial charge in [-0.05, 0) is 44.2 Å². The first-order valence-electron chi connectivity index (χ1n) is 10.1. The van der Waals surface area contributed by atoms with E-state index in [4.69, 9.17) is 9.26 Å². The number of methoxy groups -OCH3 is 1. The second-order valence-electron chi connectivity index (χ2n) is 7.76. The molecule has 4 aromatic heterocycles. The van der Waals surface area contributed by atoms with E-state index in [1.807, 2.05) is 32.2 Å². The van der Waals surface area contributed by atoms with Gasteiger partial charge in [0.2, 0.25) is 0 Å². The molecule has 7 nitrogen and oxygen atoms in total. The fraction of sp³-hybridized carbons (Fsp3) is 0.125. The first kappa shape index (κ1) is 18.6. The molecule has 0 aliphatic carbocycles. The standard InChI is InChI=1S/C24H18FN5O2/c1-11-21(12(2)32-30-11)16-7-19-15(8-20(16)31-3)22-23(27-10-28-24(22)29-19)17-9-26-18-6-13(25)4-5-14(17)18/h4-10,26H,1-3H3,(H,27,28,29). The molecule has 4 heterocycles. The molecule has 0 atom stereocenters. The fourth-order valence-corrected chi connectivity index (χ4v) is 4.48. The molecular formula is C24H18FN5O2. The largest absolute Gasteiger partial charge is 0.496 e. The Labute approximate surface area is 181 Å². The molecule has 0 spiro atoms. The minimum Gasteiger partial charge on any atom is -0.496 e. The number of rotatable bonds is 3. The molecule has 0 aliphatic rings. The van der Waals surface area contributed by atoms with Gasteiger partial charge in [0.05, 0.1) is 29.4 Å². The topological polar surface area (TPSA) is 92.6 Å². The number of H-pyrrole nitrogens is 2. The van der Waals surface area contributed by atoms with Gasteiger partial charge in [0.25, 0.3) is 0 Å². The lowest BCUT2D eigenvalue weighted by atomic mass is 9.99. The zero-order valence-electron chi connectivity index (χ0n) is 17.6. The van der Waals surface area contributed by atoms with Crippen LogP contribution in [0, 0.1) is 19.7 Å². The Bertz CT molecular complexity index is 1640. The van der Waals surface area contributed by atoms with Gasteiger partial charge in [0.15, 0.2) is 0 Å². The fourth-order valence-electron chi connectivity index (χ4n) is 4.48. The highest BCUT2D eigenvalue weighted by Gasteiger charge is 2.21. The molecule has 158 valence electrons. The summed E-state index contributed by atoms with van der Waals surface area (Å²) in [5, 5.41) is 6.77. The van der Waals surface area contributed by atoms with Crippen molar-refractivity contribution in [3.8, 4) is 28.1 Å². The first-order valence-corrected chi connectivity index (χ1v) is 10.1. The van der Waals surface area contributed by atoms with Gasteiger partial charge in [-0.15, -0.1) is 0 Å². The maximum atomic E-state index is 13.7. The van der Waals surface area contributed by atoms with Crippen molar-refractivity contribution < 1.29 is 13.7 Å². The van der Waals surface area contributed by atoms with E-state index in [1.165, 1.54) is 18.5 Å². The molecule has 2 aromatic carbocycles. The lowest BCUT2D eigenvalue weighted by molar-refractivity contribution is 0.393. The molecule has 32 heavy (non-hydrogen) atoms. The predicted molar refractivity (Wildman–Crippen MR) is 120 cm³/mol. The average Bonchev–Trinajstić information content (AvgIpc) is 3.46. The maximum absolute atomic E-state index is 13.7. The molecule has 0 saturated carbocycles. The number of fused-ring (bicyclic) bond motifs is 4. The normalized spacial score (nSPS) is 11.8. The van der Waals surface area contributed by atoms with Gasteiger partial charge in [0, 0.05) is 39.1 Å². The Morgan fingerprint density at radius 3 is 2.66 bits per heavy atom. The van der Waals surface area contributed by atoms with Crippen LogP contribution in [0.4, 0.5) is 4.39 Å². The van der Waals surface area contributed by atoms with Crippen molar-refractivity contribution in [1.82, 2.24) is 25.1 Å². The second-order valence-corrected chi connectivity index (χ2v) is 7.76. The molecule has 0 aliphatic heterocycles. The molecule has 6 rings (SSSR count). The molecule has 0 fully saturated rings. The van der Waals surface area contributed by atoms with Crippen molar-refractivity contribution in [2.75, 3.05) is 7.11 Å². The maximum Gasteiger partial charge on any atom is 0.142 e. The number of aromatic nitrogens is 5. The predicted octanol–water partition coefficient (Wildman–Crippen LogP) is 5.68. The average molecular weight is 427 g/mol. The van der Waals surface area contributed by atoms with Gasteiger partial charge in [0.1, 0.15) is 29.3 Å². The monoisotopic (exact) mass is 427 g/mol. The van der Waals surface area contributed by atoms with Gasteiger partial charge < -0.3 is 19.2 Å². The number of aryl methyl sites for hydroxylation is 2. The molecule has 0 amide bonds.